The fourth-order valence-corrected chi connectivity index (χ4v) is 3.42. The Balaban J connectivity index is 1.70. The predicted octanol–water partition coefficient (Wildman–Crippen LogP) is 4.02. The number of nitrogens with zero attached hydrogens (tertiary/aromatic N) is 1. The van der Waals surface area contributed by atoms with Crippen molar-refractivity contribution >= 4 is 11.6 Å². The maximum Gasteiger partial charge on any atom is 0.241 e. The summed E-state index contributed by atoms with van der Waals surface area (Å²) in [5.74, 6) is 0.634. The first-order chi connectivity index (χ1) is 11.1. The van der Waals surface area contributed by atoms with E-state index in [1.54, 1.807) is 0 Å². The van der Waals surface area contributed by atoms with Gasteiger partial charge in [-0.3, -0.25) is 9.69 Å². The lowest BCUT2D eigenvalue weighted by Crippen LogP contribution is -2.56. The molecule has 1 aliphatic rings. The van der Waals surface area contributed by atoms with Crippen LogP contribution in [0.3, 0.4) is 0 Å². The maximum atomic E-state index is 12.6. The number of carbonyl (C=O) groups excluding carboxylic acids is 1. The van der Waals surface area contributed by atoms with Crippen LogP contribution in [0.5, 0.6) is 0 Å². The molecule has 1 amide bonds. The molecule has 0 spiro atoms. The second-order valence-electron chi connectivity index (χ2n) is 6.56. The third-order valence-corrected chi connectivity index (χ3v) is 4.70. The van der Waals surface area contributed by atoms with Gasteiger partial charge < -0.3 is 5.32 Å². The SMILES string of the molecule is Cc1cccc(NC(=O)[C@H](C)N2C[C@@H](C)[C@@H]2c2ccccc2)c1. The third kappa shape index (κ3) is 3.30. The number of benzene rings is 2. The summed E-state index contributed by atoms with van der Waals surface area (Å²) in [5, 5.41) is 3.04. The lowest BCUT2D eigenvalue weighted by molar-refractivity contribution is -0.126. The molecule has 0 saturated carbocycles. The molecule has 1 heterocycles. The van der Waals surface area contributed by atoms with E-state index >= 15 is 0 Å². The molecule has 0 unspecified atom stereocenters. The highest BCUT2D eigenvalue weighted by Gasteiger charge is 2.41. The van der Waals surface area contributed by atoms with Crippen LogP contribution in [-0.2, 0) is 4.79 Å². The van der Waals surface area contributed by atoms with Crippen LogP contribution in [0.1, 0.15) is 31.0 Å². The van der Waals surface area contributed by atoms with E-state index in [1.807, 2.05) is 44.2 Å². The number of rotatable bonds is 4. The third-order valence-electron chi connectivity index (χ3n) is 4.70. The van der Waals surface area contributed by atoms with Crippen LogP contribution in [0.15, 0.2) is 54.6 Å². The van der Waals surface area contributed by atoms with Crippen molar-refractivity contribution in [2.75, 3.05) is 11.9 Å². The molecule has 1 aliphatic heterocycles. The van der Waals surface area contributed by atoms with Gasteiger partial charge in [0.15, 0.2) is 0 Å². The van der Waals surface area contributed by atoms with Crippen molar-refractivity contribution in [3.63, 3.8) is 0 Å². The Morgan fingerprint density at radius 3 is 2.57 bits per heavy atom. The fourth-order valence-electron chi connectivity index (χ4n) is 3.42. The minimum atomic E-state index is -0.142. The number of carbonyl (C=O) groups is 1. The Bertz CT molecular complexity index is 683. The Morgan fingerprint density at radius 2 is 1.91 bits per heavy atom. The molecule has 3 atom stereocenters. The van der Waals surface area contributed by atoms with Crippen LogP contribution in [0.2, 0.25) is 0 Å². The maximum absolute atomic E-state index is 12.6. The van der Waals surface area contributed by atoms with Gasteiger partial charge in [0, 0.05) is 18.3 Å². The van der Waals surface area contributed by atoms with E-state index in [0.717, 1.165) is 17.8 Å². The smallest absolute Gasteiger partial charge is 0.241 e. The first kappa shape index (κ1) is 15.8. The van der Waals surface area contributed by atoms with Gasteiger partial charge >= 0.3 is 0 Å². The van der Waals surface area contributed by atoms with Gasteiger partial charge in [-0.25, -0.2) is 0 Å². The summed E-state index contributed by atoms with van der Waals surface area (Å²) in [6, 6.07) is 18.6. The molecule has 0 aliphatic carbocycles. The highest BCUT2D eigenvalue weighted by Crippen LogP contribution is 2.40. The van der Waals surface area contributed by atoms with Gasteiger partial charge in [-0.05, 0) is 43.0 Å². The molecular formula is C20H24N2O. The van der Waals surface area contributed by atoms with Crippen molar-refractivity contribution in [1.82, 2.24) is 4.90 Å². The van der Waals surface area contributed by atoms with Crippen molar-refractivity contribution in [1.29, 1.82) is 0 Å². The Kier molecular flexibility index (Phi) is 4.49. The van der Waals surface area contributed by atoms with E-state index in [4.69, 9.17) is 0 Å². The average Bonchev–Trinajstić information content (AvgIpc) is 2.53. The summed E-state index contributed by atoms with van der Waals surface area (Å²) < 4.78 is 0. The largest absolute Gasteiger partial charge is 0.325 e. The Morgan fingerprint density at radius 1 is 1.17 bits per heavy atom. The summed E-state index contributed by atoms with van der Waals surface area (Å²) >= 11 is 0. The molecule has 0 aromatic heterocycles. The summed E-state index contributed by atoms with van der Waals surface area (Å²) in [6.45, 7) is 7.23. The van der Waals surface area contributed by atoms with Gasteiger partial charge in [-0.2, -0.15) is 0 Å². The number of hydrogen-bond acceptors (Lipinski definition) is 2. The molecule has 0 bridgehead atoms. The van der Waals surface area contributed by atoms with Crippen LogP contribution in [0, 0.1) is 12.8 Å². The van der Waals surface area contributed by atoms with Crippen LogP contribution < -0.4 is 5.32 Å². The minimum absolute atomic E-state index is 0.0587. The monoisotopic (exact) mass is 308 g/mol. The molecule has 1 N–H and O–H groups in total. The summed E-state index contributed by atoms with van der Waals surface area (Å²) in [7, 11) is 0. The van der Waals surface area contributed by atoms with Gasteiger partial charge in [0.2, 0.25) is 5.91 Å². The average molecular weight is 308 g/mol. The molecule has 23 heavy (non-hydrogen) atoms. The molecule has 1 saturated heterocycles. The molecule has 3 rings (SSSR count). The zero-order valence-corrected chi connectivity index (χ0v) is 14.0. The number of amides is 1. The molecule has 3 heteroatoms. The van der Waals surface area contributed by atoms with Gasteiger partial charge in [0.05, 0.1) is 6.04 Å². The Labute approximate surface area is 138 Å². The van der Waals surface area contributed by atoms with E-state index in [0.29, 0.717) is 12.0 Å². The van der Waals surface area contributed by atoms with Crippen molar-refractivity contribution in [2.45, 2.75) is 32.9 Å². The highest BCUT2D eigenvalue weighted by molar-refractivity contribution is 5.94. The van der Waals surface area contributed by atoms with E-state index in [-0.39, 0.29) is 11.9 Å². The first-order valence-electron chi connectivity index (χ1n) is 8.24. The molecule has 120 valence electrons. The van der Waals surface area contributed by atoms with Gasteiger partial charge in [-0.1, -0.05) is 49.4 Å². The molecule has 3 nitrogen and oxygen atoms in total. The van der Waals surface area contributed by atoms with Crippen molar-refractivity contribution in [3.8, 4) is 0 Å². The summed E-state index contributed by atoms with van der Waals surface area (Å²) in [5.41, 5.74) is 3.31. The topological polar surface area (TPSA) is 32.3 Å². The fraction of sp³-hybridized carbons (Fsp3) is 0.350. The van der Waals surface area contributed by atoms with Crippen LogP contribution in [-0.4, -0.2) is 23.4 Å². The van der Waals surface area contributed by atoms with E-state index in [9.17, 15) is 4.79 Å². The van der Waals surface area contributed by atoms with Crippen molar-refractivity contribution in [2.24, 2.45) is 5.92 Å². The van der Waals surface area contributed by atoms with E-state index in [2.05, 4.69) is 41.4 Å². The Hall–Kier alpha value is -2.13. The van der Waals surface area contributed by atoms with Gasteiger partial charge in [-0.15, -0.1) is 0 Å². The predicted molar refractivity (Wildman–Crippen MR) is 94.3 cm³/mol. The summed E-state index contributed by atoms with van der Waals surface area (Å²) in [4.78, 5) is 14.9. The van der Waals surface area contributed by atoms with Crippen molar-refractivity contribution < 1.29 is 4.79 Å². The van der Waals surface area contributed by atoms with E-state index < -0.39 is 0 Å². The molecule has 2 aromatic carbocycles. The van der Waals surface area contributed by atoms with Gasteiger partial charge in [0.1, 0.15) is 0 Å². The first-order valence-corrected chi connectivity index (χ1v) is 8.24. The van der Waals surface area contributed by atoms with Crippen molar-refractivity contribution in [3.05, 3.63) is 65.7 Å². The lowest BCUT2D eigenvalue weighted by atomic mass is 9.83. The normalized spacial score (nSPS) is 22.2. The standard InChI is InChI=1S/C20H24N2O/c1-14-8-7-11-18(12-14)21-20(23)16(3)22-13-15(2)19(22)17-9-5-4-6-10-17/h4-12,15-16,19H,13H2,1-3H3,(H,21,23)/t15-,16+,19-/m1/s1. The molecule has 0 radical (unpaired) electrons. The van der Waals surface area contributed by atoms with Crippen LogP contribution in [0.4, 0.5) is 5.69 Å². The zero-order valence-electron chi connectivity index (χ0n) is 14.0. The number of anilines is 1. The lowest BCUT2D eigenvalue weighted by Gasteiger charge is -2.49. The van der Waals surface area contributed by atoms with Crippen LogP contribution >= 0.6 is 0 Å². The van der Waals surface area contributed by atoms with E-state index in [1.165, 1.54) is 5.56 Å². The second kappa shape index (κ2) is 6.55. The summed E-state index contributed by atoms with van der Waals surface area (Å²) in [6.07, 6.45) is 0. The zero-order chi connectivity index (χ0) is 16.4. The number of nitrogens with one attached hydrogen (secondary N) is 1. The van der Waals surface area contributed by atoms with Gasteiger partial charge in [0.25, 0.3) is 0 Å². The number of aryl methyl sites for hydroxylation is 1. The molecule has 2 aromatic rings. The number of likely N-dealkylation sites (tertiary alicyclic amines) is 1. The molecular weight excluding hydrogens is 284 g/mol. The second-order valence-corrected chi connectivity index (χ2v) is 6.56. The minimum Gasteiger partial charge on any atom is -0.325 e. The highest BCUT2D eigenvalue weighted by atomic mass is 16.2. The molecule has 1 fully saturated rings. The van der Waals surface area contributed by atoms with Crippen LogP contribution in [0.25, 0.3) is 0 Å². The quantitative estimate of drug-likeness (QED) is 0.925. The number of hydrogen-bond donors (Lipinski definition) is 1.